The number of methoxy groups -OCH3 is 1. The molecule has 0 bridgehead atoms. The van der Waals surface area contributed by atoms with Crippen molar-refractivity contribution in [2.24, 2.45) is 0 Å². The highest BCUT2D eigenvalue weighted by Gasteiger charge is 2.15. The molecule has 1 aromatic carbocycles. The monoisotopic (exact) mass is 340 g/mol. The summed E-state index contributed by atoms with van der Waals surface area (Å²) in [6.45, 7) is 0. The molecule has 0 fully saturated rings. The molecule has 1 amide bonds. The average Bonchev–Trinajstić information content (AvgIpc) is 3.12. The normalized spacial score (nSPS) is 11.0. The minimum absolute atomic E-state index is 0.206. The fourth-order valence-corrected chi connectivity index (χ4v) is 3.41. The van der Waals surface area contributed by atoms with Crippen molar-refractivity contribution >= 4 is 38.1 Å². The number of carbonyl (C=O) groups excluding carboxylic acids is 1. The molecular formula is C16H12N4O3S. The molecule has 0 aliphatic heterocycles. The zero-order chi connectivity index (χ0) is 16.7. The zero-order valence-corrected chi connectivity index (χ0v) is 13.4. The number of anilines is 1. The highest BCUT2D eigenvalue weighted by atomic mass is 32.1. The lowest BCUT2D eigenvalue weighted by atomic mass is 10.3. The first kappa shape index (κ1) is 14.5. The van der Waals surface area contributed by atoms with Gasteiger partial charge in [-0.15, -0.1) is 0 Å². The van der Waals surface area contributed by atoms with Crippen LogP contribution < -0.4 is 10.1 Å². The number of amides is 1. The van der Waals surface area contributed by atoms with E-state index in [2.05, 4.69) is 15.3 Å². The van der Waals surface area contributed by atoms with Gasteiger partial charge in [-0.3, -0.25) is 9.20 Å². The number of rotatable bonds is 3. The van der Waals surface area contributed by atoms with E-state index >= 15 is 0 Å². The summed E-state index contributed by atoms with van der Waals surface area (Å²) in [5.74, 6) is 0.368. The Labute approximate surface area is 140 Å². The number of imidazole rings is 1. The maximum atomic E-state index is 12.3. The van der Waals surface area contributed by atoms with Crippen LogP contribution >= 0.6 is 11.3 Å². The topological polar surface area (TPSA) is 88.8 Å². The van der Waals surface area contributed by atoms with Gasteiger partial charge in [-0.1, -0.05) is 11.3 Å². The minimum atomic E-state index is -0.315. The summed E-state index contributed by atoms with van der Waals surface area (Å²) < 4.78 is 7.72. The average molecular weight is 340 g/mol. The molecule has 4 rings (SSSR count). The number of hydrogen-bond acceptors (Lipinski definition) is 6. The smallest absolute Gasteiger partial charge is 0.275 e. The predicted octanol–water partition coefficient (Wildman–Crippen LogP) is 2.91. The van der Waals surface area contributed by atoms with Crippen molar-refractivity contribution in [1.82, 2.24) is 14.4 Å². The maximum Gasteiger partial charge on any atom is 0.275 e. The molecule has 0 radical (unpaired) electrons. The van der Waals surface area contributed by atoms with E-state index in [1.54, 1.807) is 36.5 Å². The summed E-state index contributed by atoms with van der Waals surface area (Å²) in [5, 5.41) is 12.3. The molecule has 0 saturated carbocycles. The number of nitrogens with zero attached hydrogens (tertiary/aromatic N) is 3. The van der Waals surface area contributed by atoms with Crippen molar-refractivity contribution < 1.29 is 14.6 Å². The van der Waals surface area contributed by atoms with E-state index in [1.807, 2.05) is 4.40 Å². The number of benzene rings is 1. The first-order valence-corrected chi connectivity index (χ1v) is 7.88. The number of aromatic nitrogens is 3. The van der Waals surface area contributed by atoms with E-state index in [4.69, 9.17) is 4.74 Å². The van der Waals surface area contributed by atoms with Gasteiger partial charge < -0.3 is 15.2 Å². The van der Waals surface area contributed by atoms with E-state index in [0.29, 0.717) is 22.2 Å². The maximum absolute atomic E-state index is 12.3. The van der Waals surface area contributed by atoms with Gasteiger partial charge in [0, 0.05) is 12.3 Å². The van der Waals surface area contributed by atoms with Gasteiger partial charge in [0.1, 0.15) is 11.4 Å². The molecule has 0 spiro atoms. The van der Waals surface area contributed by atoms with E-state index < -0.39 is 0 Å². The van der Waals surface area contributed by atoms with Gasteiger partial charge in [0.05, 0.1) is 29.2 Å². The number of fused-ring (bicyclic) bond motifs is 3. The van der Waals surface area contributed by atoms with Crippen molar-refractivity contribution in [2.45, 2.75) is 0 Å². The predicted molar refractivity (Wildman–Crippen MR) is 91.0 cm³/mol. The van der Waals surface area contributed by atoms with Gasteiger partial charge in [0.15, 0.2) is 4.96 Å². The molecule has 0 aliphatic carbocycles. The van der Waals surface area contributed by atoms with Crippen molar-refractivity contribution in [3.63, 3.8) is 0 Å². The van der Waals surface area contributed by atoms with Crippen molar-refractivity contribution in [2.75, 3.05) is 12.4 Å². The van der Waals surface area contributed by atoms with E-state index in [9.17, 15) is 9.90 Å². The SMILES string of the molecule is COc1ccc(NC(=O)c2cn3c(n2)sc2cc(O)ccc23)cn1. The number of nitrogens with one attached hydrogen (secondary N) is 1. The van der Waals surface area contributed by atoms with E-state index in [1.165, 1.54) is 24.6 Å². The number of ether oxygens (including phenoxy) is 1. The fourth-order valence-electron chi connectivity index (χ4n) is 2.37. The number of carbonyl (C=O) groups is 1. The van der Waals surface area contributed by atoms with Crippen LogP contribution in [-0.4, -0.2) is 32.5 Å². The van der Waals surface area contributed by atoms with Crippen LogP contribution in [0.2, 0.25) is 0 Å². The van der Waals surface area contributed by atoms with Gasteiger partial charge in [-0.05, 0) is 24.3 Å². The first-order chi connectivity index (χ1) is 11.6. The number of thiazole rings is 1. The third kappa shape index (κ3) is 2.42. The standard InChI is InChI=1S/C16H12N4O3S/c1-23-14-5-2-9(7-17-14)18-15(22)11-8-20-12-4-3-10(21)6-13(12)24-16(20)19-11/h2-8,21H,1H3,(H,18,22). The fraction of sp³-hybridized carbons (Fsp3) is 0.0625. The number of phenolic OH excluding ortho intramolecular Hbond substituents is 1. The summed E-state index contributed by atoms with van der Waals surface area (Å²) in [4.78, 5) is 21.4. The Morgan fingerprint density at radius 3 is 2.96 bits per heavy atom. The van der Waals surface area contributed by atoms with Crippen molar-refractivity contribution in [3.05, 3.63) is 48.4 Å². The van der Waals surface area contributed by atoms with Gasteiger partial charge in [-0.25, -0.2) is 9.97 Å². The van der Waals surface area contributed by atoms with Gasteiger partial charge in [0.2, 0.25) is 5.88 Å². The summed E-state index contributed by atoms with van der Waals surface area (Å²) in [6.07, 6.45) is 3.20. The minimum Gasteiger partial charge on any atom is -0.508 e. The second kappa shape index (κ2) is 5.50. The van der Waals surface area contributed by atoms with Crippen LogP contribution in [-0.2, 0) is 0 Å². The largest absolute Gasteiger partial charge is 0.508 e. The molecule has 8 heteroatoms. The highest BCUT2D eigenvalue weighted by Crippen LogP contribution is 2.29. The molecule has 0 atom stereocenters. The molecule has 3 aromatic heterocycles. The second-order valence-electron chi connectivity index (χ2n) is 5.08. The summed E-state index contributed by atoms with van der Waals surface area (Å²) in [5.41, 5.74) is 1.77. The lowest BCUT2D eigenvalue weighted by Crippen LogP contribution is -2.12. The van der Waals surface area contributed by atoms with Crippen LogP contribution in [0.5, 0.6) is 11.6 Å². The number of aromatic hydroxyl groups is 1. The Hall–Kier alpha value is -3.13. The van der Waals surface area contributed by atoms with Crippen molar-refractivity contribution in [1.29, 1.82) is 0 Å². The molecule has 24 heavy (non-hydrogen) atoms. The second-order valence-corrected chi connectivity index (χ2v) is 6.09. The molecule has 2 N–H and O–H groups in total. The van der Waals surface area contributed by atoms with Crippen LogP contribution in [0.15, 0.2) is 42.7 Å². The molecule has 3 heterocycles. The third-order valence-corrected chi connectivity index (χ3v) is 4.53. The van der Waals surface area contributed by atoms with E-state index in [0.717, 1.165) is 10.2 Å². The molecule has 7 nitrogen and oxygen atoms in total. The molecular weight excluding hydrogens is 328 g/mol. The van der Waals surface area contributed by atoms with Crippen LogP contribution in [0.3, 0.4) is 0 Å². The Balaban J connectivity index is 1.64. The molecule has 4 aromatic rings. The molecule has 0 aliphatic rings. The summed E-state index contributed by atoms with van der Waals surface area (Å²) >= 11 is 1.41. The summed E-state index contributed by atoms with van der Waals surface area (Å²) in [7, 11) is 1.53. The Morgan fingerprint density at radius 2 is 2.21 bits per heavy atom. The van der Waals surface area contributed by atoms with Crippen LogP contribution in [0.25, 0.3) is 15.2 Å². The zero-order valence-electron chi connectivity index (χ0n) is 12.6. The van der Waals surface area contributed by atoms with E-state index in [-0.39, 0.29) is 11.7 Å². The van der Waals surface area contributed by atoms with Gasteiger partial charge in [0.25, 0.3) is 5.91 Å². The number of hydrogen-bond donors (Lipinski definition) is 2. The van der Waals surface area contributed by atoms with Crippen LogP contribution in [0.4, 0.5) is 5.69 Å². The molecule has 0 unspecified atom stereocenters. The summed E-state index contributed by atoms with van der Waals surface area (Å²) in [6, 6.07) is 8.46. The lowest BCUT2D eigenvalue weighted by Gasteiger charge is -2.03. The lowest BCUT2D eigenvalue weighted by molar-refractivity contribution is 0.102. The number of pyridine rings is 1. The molecule has 0 saturated heterocycles. The Bertz CT molecular complexity index is 1050. The van der Waals surface area contributed by atoms with Crippen LogP contribution in [0, 0.1) is 0 Å². The van der Waals surface area contributed by atoms with Gasteiger partial charge in [-0.2, -0.15) is 0 Å². The number of phenols is 1. The van der Waals surface area contributed by atoms with Crippen molar-refractivity contribution in [3.8, 4) is 11.6 Å². The van der Waals surface area contributed by atoms with Gasteiger partial charge >= 0.3 is 0 Å². The Morgan fingerprint density at radius 1 is 1.33 bits per heavy atom. The molecule has 120 valence electrons. The highest BCUT2D eigenvalue weighted by molar-refractivity contribution is 7.23. The first-order valence-electron chi connectivity index (χ1n) is 7.06. The Kier molecular flexibility index (Phi) is 3.31. The quantitative estimate of drug-likeness (QED) is 0.599. The van der Waals surface area contributed by atoms with Crippen LogP contribution in [0.1, 0.15) is 10.5 Å². The third-order valence-electron chi connectivity index (χ3n) is 3.51.